The summed E-state index contributed by atoms with van der Waals surface area (Å²) in [5, 5.41) is 5.34. The second-order valence-electron chi connectivity index (χ2n) is 6.60. The number of carbonyl (C=O) groups excluding carboxylic acids is 3. The predicted octanol–water partition coefficient (Wildman–Crippen LogP) is 1.65. The average molecular weight is 401 g/mol. The van der Waals surface area contributed by atoms with Gasteiger partial charge in [-0.25, -0.2) is 9.18 Å². The van der Waals surface area contributed by atoms with Crippen LogP contribution in [0.3, 0.4) is 0 Å². The fourth-order valence-corrected chi connectivity index (χ4v) is 2.94. The Labute approximate surface area is 164 Å². The van der Waals surface area contributed by atoms with Crippen LogP contribution in [0, 0.1) is 5.82 Å². The second-order valence-corrected chi connectivity index (χ2v) is 6.60. The standard InChI is InChI=1S/C18H25FN4O3.ClH/c1-3-4-5-14(10-20)21-15(24)11-23-16(25)18(2,22-17(23)26)12-6-8-13(19)9-7-12;/h6-9,14H,3-5,10-11,20H2,1-2H3,(H,21,24)(H,22,26);1H. The van der Waals surface area contributed by atoms with Gasteiger partial charge in [0.2, 0.25) is 5.91 Å². The molecule has 1 aromatic carbocycles. The van der Waals surface area contributed by atoms with Gasteiger partial charge in [0.05, 0.1) is 0 Å². The van der Waals surface area contributed by atoms with Gasteiger partial charge >= 0.3 is 6.03 Å². The van der Waals surface area contributed by atoms with Crippen molar-refractivity contribution in [2.24, 2.45) is 5.73 Å². The fourth-order valence-electron chi connectivity index (χ4n) is 2.94. The first-order chi connectivity index (χ1) is 12.3. The van der Waals surface area contributed by atoms with E-state index in [0.717, 1.165) is 24.2 Å². The minimum atomic E-state index is -1.33. The lowest BCUT2D eigenvalue weighted by Crippen LogP contribution is -2.47. The third kappa shape index (κ3) is 5.17. The minimum absolute atomic E-state index is 0. The first-order valence-electron chi connectivity index (χ1n) is 8.71. The van der Waals surface area contributed by atoms with Crippen molar-refractivity contribution in [1.82, 2.24) is 15.5 Å². The number of hydrogen-bond donors (Lipinski definition) is 3. The zero-order chi connectivity index (χ0) is 19.3. The molecule has 2 rings (SSSR count). The molecule has 2 unspecified atom stereocenters. The highest BCUT2D eigenvalue weighted by Crippen LogP contribution is 2.28. The van der Waals surface area contributed by atoms with Crippen LogP contribution in [0.15, 0.2) is 24.3 Å². The van der Waals surface area contributed by atoms with Crippen LogP contribution in [0.2, 0.25) is 0 Å². The number of carbonyl (C=O) groups is 3. The Balaban J connectivity index is 0.00000364. The van der Waals surface area contributed by atoms with E-state index in [-0.39, 0.29) is 25.0 Å². The molecule has 7 nitrogen and oxygen atoms in total. The molecule has 1 aliphatic rings. The topological polar surface area (TPSA) is 105 Å². The summed E-state index contributed by atoms with van der Waals surface area (Å²) in [6, 6.07) is 4.46. The molecular formula is C18H26ClFN4O3. The van der Waals surface area contributed by atoms with Gasteiger partial charge in [0.15, 0.2) is 0 Å². The molecule has 150 valence electrons. The van der Waals surface area contributed by atoms with Crippen LogP contribution in [0.4, 0.5) is 9.18 Å². The summed E-state index contributed by atoms with van der Waals surface area (Å²) in [7, 11) is 0. The molecule has 2 atom stereocenters. The number of amides is 4. The lowest BCUT2D eigenvalue weighted by Gasteiger charge is -2.22. The Kier molecular flexibility index (Phi) is 8.18. The Morgan fingerprint density at radius 1 is 1.33 bits per heavy atom. The van der Waals surface area contributed by atoms with E-state index < -0.39 is 29.2 Å². The quantitative estimate of drug-likeness (QED) is 0.577. The van der Waals surface area contributed by atoms with Crippen LogP contribution in [0.1, 0.15) is 38.7 Å². The molecule has 0 aliphatic carbocycles. The van der Waals surface area contributed by atoms with E-state index in [1.165, 1.54) is 31.2 Å². The van der Waals surface area contributed by atoms with Crippen molar-refractivity contribution < 1.29 is 18.8 Å². The lowest BCUT2D eigenvalue weighted by molar-refractivity contribution is -0.135. The summed E-state index contributed by atoms with van der Waals surface area (Å²) in [6.45, 7) is 3.48. The molecule has 9 heteroatoms. The molecule has 1 fully saturated rings. The molecule has 0 spiro atoms. The van der Waals surface area contributed by atoms with Crippen LogP contribution in [-0.4, -0.2) is 41.9 Å². The molecule has 1 heterocycles. The monoisotopic (exact) mass is 400 g/mol. The summed E-state index contributed by atoms with van der Waals surface area (Å²) < 4.78 is 13.1. The maximum Gasteiger partial charge on any atom is 0.325 e. The van der Waals surface area contributed by atoms with E-state index in [4.69, 9.17) is 5.73 Å². The lowest BCUT2D eigenvalue weighted by atomic mass is 9.92. The van der Waals surface area contributed by atoms with E-state index in [1.807, 2.05) is 6.92 Å². The largest absolute Gasteiger partial charge is 0.351 e. The molecule has 1 aromatic rings. The van der Waals surface area contributed by atoms with Gasteiger partial charge in [-0.05, 0) is 31.0 Å². The van der Waals surface area contributed by atoms with Gasteiger partial charge < -0.3 is 16.4 Å². The summed E-state index contributed by atoms with van der Waals surface area (Å²) in [6.07, 6.45) is 2.65. The van der Waals surface area contributed by atoms with Crippen molar-refractivity contribution in [2.75, 3.05) is 13.1 Å². The van der Waals surface area contributed by atoms with Gasteiger partial charge in [0.25, 0.3) is 5.91 Å². The molecule has 1 saturated heterocycles. The van der Waals surface area contributed by atoms with Gasteiger partial charge in [0, 0.05) is 12.6 Å². The second kappa shape index (κ2) is 9.66. The van der Waals surface area contributed by atoms with Gasteiger partial charge in [-0.2, -0.15) is 0 Å². The van der Waals surface area contributed by atoms with E-state index in [9.17, 15) is 18.8 Å². The van der Waals surface area contributed by atoms with Crippen LogP contribution in [-0.2, 0) is 15.1 Å². The number of hydrogen-bond acceptors (Lipinski definition) is 4. The summed E-state index contributed by atoms with van der Waals surface area (Å²) in [5.74, 6) is -1.43. The Morgan fingerprint density at radius 3 is 2.52 bits per heavy atom. The third-order valence-electron chi connectivity index (χ3n) is 4.55. The number of nitrogens with one attached hydrogen (secondary N) is 2. The molecule has 0 saturated carbocycles. The molecule has 27 heavy (non-hydrogen) atoms. The van der Waals surface area contributed by atoms with Crippen LogP contribution >= 0.6 is 12.4 Å². The van der Waals surface area contributed by atoms with E-state index >= 15 is 0 Å². The highest BCUT2D eigenvalue weighted by atomic mass is 35.5. The number of nitrogens with zero attached hydrogens (tertiary/aromatic N) is 1. The third-order valence-corrected chi connectivity index (χ3v) is 4.55. The number of urea groups is 1. The summed E-state index contributed by atoms with van der Waals surface area (Å²) >= 11 is 0. The van der Waals surface area contributed by atoms with Gasteiger partial charge in [-0.15, -0.1) is 12.4 Å². The molecule has 1 aliphatic heterocycles. The molecular weight excluding hydrogens is 375 g/mol. The first-order valence-corrected chi connectivity index (χ1v) is 8.71. The maximum absolute atomic E-state index is 13.1. The zero-order valence-corrected chi connectivity index (χ0v) is 16.3. The SMILES string of the molecule is CCCCC(CN)NC(=O)CN1C(=O)NC(C)(c2ccc(F)cc2)C1=O.Cl. The number of unbranched alkanes of at least 4 members (excludes halogenated alkanes) is 1. The van der Waals surface area contributed by atoms with Crippen molar-refractivity contribution in [2.45, 2.75) is 44.7 Å². The van der Waals surface area contributed by atoms with E-state index in [2.05, 4.69) is 10.6 Å². The number of imide groups is 1. The minimum Gasteiger partial charge on any atom is -0.351 e. The highest BCUT2D eigenvalue weighted by molar-refractivity contribution is 6.09. The van der Waals surface area contributed by atoms with Crippen LogP contribution < -0.4 is 16.4 Å². The van der Waals surface area contributed by atoms with Crippen molar-refractivity contribution in [3.63, 3.8) is 0 Å². The van der Waals surface area contributed by atoms with Crippen molar-refractivity contribution >= 4 is 30.3 Å². The van der Waals surface area contributed by atoms with E-state index in [1.54, 1.807) is 0 Å². The summed E-state index contributed by atoms with van der Waals surface area (Å²) in [5.41, 5.74) is 4.77. The number of nitrogens with two attached hydrogens (primary N) is 1. The number of benzene rings is 1. The van der Waals surface area contributed by atoms with Crippen molar-refractivity contribution in [3.8, 4) is 0 Å². The molecule has 0 radical (unpaired) electrons. The Morgan fingerprint density at radius 2 is 1.96 bits per heavy atom. The number of halogens is 2. The maximum atomic E-state index is 13.1. The highest BCUT2D eigenvalue weighted by Gasteiger charge is 2.49. The first kappa shape index (κ1) is 22.9. The van der Waals surface area contributed by atoms with Gasteiger partial charge in [-0.3, -0.25) is 14.5 Å². The van der Waals surface area contributed by atoms with Gasteiger partial charge in [0.1, 0.15) is 17.9 Å². The molecule has 4 amide bonds. The zero-order valence-electron chi connectivity index (χ0n) is 15.5. The van der Waals surface area contributed by atoms with Gasteiger partial charge in [-0.1, -0.05) is 31.9 Å². The fraction of sp³-hybridized carbons (Fsp3) is 0.500. The molecule has 0 aromatic heterocycles. The van der Waals surface area contributed by atoms with Crippen molar-refractivity contribution in [1.29, 1.82) is 0 Å². The predicted molar refractivity (Wildman–Crippen MR) is 102 cm³/mol. The Bertz CT molecular complexity index is 686. The normalized spacial score (nSPS) is 20.1. The smallest absolute Gasteiger partial charge is 0.325 e. The summed E-state index contributed by atoms with van der Waals surface area (Å²) in [4.78, 5) is 38.0. The van der Waals surface area contributed by atoms with Crippen molar-refractivity contribution in [3.05, 3.63) is 35.6 Å². The molecule has 4 N–H and O–H groups in total. The van der Waals surface area contributed by atoms with Crippen LogP contribution in [0.5, 0.6) is 0 Å². The number of rotatable bonds is 8. The Hall–Kier alpha value is -2.19. The average Bonchev–Trinajstić information content (AvgIpc) is 2.83. The van der Waals surface area contributed by atoms with Crippen LogP contribution in [0.25, 0.3) is 0 Å². The molecule has 0 bridgehead atoms. The van der Waals surface area contributed by atoms with E-state index in [0.29, 0.717) is 12.1 Å².